The van der Waals surface area contributed by atoms with E-state index < -0.39 is 27.9 Å². The molecule has 1 atom stereocenters. The molecule has 1 aliphatic heterocycles. The van der Waals surface area contributed by atoms with Gasteiger partial charge in [-0.25, -0.2) is 13.1 Å². The third-order valence-corrected chi connectivity index (χ3v) is 5.90. The highest BCUT2D eigenvalue weighted by molar-refractivity contribution is 7.95. The van der Waals surface area contributed by atoms with Crippen LogP contribution in [0.15, 0.2) is 42.5 Å². The average Bonchev–Trinajstić information content (AvgIpc) is 2.80. The average molecular weight is 420 g/mol. The predicted molar refractivity (Wildman–Crippen MR) is 103 cm³/mol. The molecule has 27 heavy (non-hydrogen) atoms. The zero-order valence-corrected chi connectivity index (χ0v) is 16.1. The summed E-state index contributed by atoms with van der Waals surface area (Å²) in [5, 5.41) is 12.7. The van der Waals surface area contributed by atoms with Crippen molar-refractivity contribution in [2.75, 3.05) is 28.7 Å². The quantitative estimate of drug-likeness (QED) is 0.754. The summed E-state index contributed by atoms with van der Waals surface area (Å²) in [6.45, 7) is 0.355. The first kappa shape index (κ1) is 21.4. The lowest BCUT2D eigenvalue weighted by Gasteiger charge is -2.23. The summed E-state index contributed by atoms with van der Waals surface area (Å²) < 4.78 is 55.6. The van der Waals surface area contributed by atoms with E-state index >= 15 is 0 Å². The van der Waals surface area contributed by atoms with Crippen molar-refractivity contribution in [1.82, 2.24) is 5.32 Å². The molecule has 0 saturated heterocycles. The number of nitrogens with zero attached hydrogens (tertiary/aromatic N) is 2. The standard InChI is InChI=1S/C17H19F2N3O3S.ClH/c1-20-11-13(23)8-9-21-16-4-2-3-5-17(16)22(26(21,24)25)15-7-6-12(18)10-14(15)19;/h2-7,10,13,20,23H,8-9,11H2,1H3;1H/t13-;/m0./s1. The number of benzene rings is 2. The van der Waals surface area contributed by atoms with Gasteiger partial charge in [0.2, 0.25) is 0 Å². The summed E-state index contributed by atoms with van der Waals surface area (Å²) in [6.07, 6.45) is -0.521. The van der Waals surface area contributed by atoms with Crippen LogP contribution in [0.3, 0.4) is 0 Å². The number of hydrogen-bond donors (Lipinski definition) is 2. The minimum atomic E-state index is -4.11. The Morgan fingerprint density at radius 3 is 2.41 bits per heavy atom. The van der Waals surface area contributed by atoms with Crippen LogP contribution in [0.5, 0.6) is 0 Å². The lowest BCUT2D eigenvalue weighted by Crippen LogP contribution is -2.38. The van der Waals surface area contributed by atoms with Crippen molar-refractivity contribution in [1.29, 1.82) is 0 Å². The summed E-state index contributed by atoms with van der Waals surface area (Å²) in [5.74, 6) is -1.76. The maximum atomic E-state index is 14.3. The van der Waals surface area contributed by atoms with Crippen LogP contribution in [0.1, 0.15) is 6.42 Å². The Hall–Kier alpha value is -1.94. The SMILES string of the molecule is CNC[C@@H](O)CCN1c2ccccc2N(c2ccc(F)cc2F)S1(=O)=O.Cl. The van der Waals surface area contributed by atoms with Crippen molar-refractivity contribution in [2.45, 2.75) is 12.5 Å². The Morgan fingerprint density at radius 2 is 1.78 bits per heavy atom. The largest absolute Gasteiger partial charge is 0.392 e. The van der Waals surface area contributed by atoms with E-state index in [0.717, 1.165) is 20.7 Å². The monoisotopic (exact) mass is 419 g/mol. The second-order valence-electron chi connectivity index (χ2n) is 5.93. The lowest BCUT2D eigenvalue weighted by molar-refractivity contribution is 0.167. The first-order chi connectivity index (χ1) is 12.4. The Labute approximate surface area is 163 Å². The van der Waals surface area contributed by atoms with Crippen LogP contribution in [-0.4, -0.2) is 39.8 Å². The van der Waals surface area contributed by atoms with Gasteiger partial charge < -0.3 is 10.4 Å². The van der Waals surface area contributed by atoms with Crippen molar-refractivity contribution in [2.24, 2.45) is 0 Å². The van der Waals surface area contributed by atoms with Crippen molar-refractivity contribution < 1.29 is 22.3 Å². The summed E-state index contributed by atoms with van der Waals surface area (Å²) in [4.78, 5) is 0. The van der Waals surface area contributed by atoms with Crippen molar-refractivity contribution in [3.05, 3.63) is 54.1 Å². The van der Waals surface area contributed by atoms with E-state index in [9.17, 15) is 22.3 Å². The number of halogens is 3. The van der Waals surface area contributed by atoms with Gasteiger partial charge in [0, 0.05) is 19.2 Å². The maximum absolute atomic E-state index is 14.3. The highest BCUT2D eigenvalue weighted by Gasteiger charge is 2.42. The number of likely N-dealkylation sites (N-methyl/N-ethyl adjacent to an activating group) is 1. The molecule has 0 bridgehead atoms. The molecule has 0 saturated carbocycles. The Bertz CT molecular complexity index is 914. The molecule has 1 heterocycles. The summed E-state index contributed by atoms with van der Waals surface area (Å²) in [6, 6.07) is 9.23. The van der Waals surface area contributed by atoms with Crippen LogP contribution >= 0.6 is 12.4 Å². The second kappa shape index (κ2) is 8.39. The van der Waals surface area contributed by atoms with E-state index in [2.05, 4.69) is 5.32 Å². The molecule has 0 unspecified atom stereocenters. The van der Waals surface area contributed by atoms with Gasteiger partial charge in [0.1, 0.15) is 5.82 Å². The lowest BCUT2D eigenvalue weighted by atomic mass is 10.2. The van der Waals surface area contributed by atoms with Gasteiger partial charge in [-0.2, -0.15) is 8.42 Å². The fourth-order valence-corrected chi connectivity index (χ4v) is 4.67. The topological polar surface area (TPSA) is 72.9 Å². The third kappa shape index (κ3) is 4.01. The van der Waals surface area contributed by atoms with Gasteiger partial charge in [-0.15, -0.1) is 12.4 Å². The molecule has 0 radical (unpaired) electrons. The van der Waals surface area contributed by atoms with E-state index in [1.54, 1.807) is 31.3 Å². The van der Waals surface area contributed by atoms with Crippen LogP contribution < -0.4 is 13.9 Å². The molecule has 6 nitrogen and oxygen atoms in total. The van der Waals surface area contributed by atoms with E-state index in [1.807, 2.05) is 0 Å². The van der Waals surface area contributed by atoms with Gasteiger partial charge in [-0.3, -0.25) is 4.31 Å². The van der Waals surface area contributed by atoms with Crippen LogP contribution in [-0.2, 0) is 10.2 Å². The molecular formula is C17H20ClF2N3O3S. The number of rotatable bonds is 6. The number of aliphatic hydroxyl groups is 1. The first-order valence-corrected chi connectivity index (χ1v) is 9.45. The molecule has 148 valence electrons. The minimum absolute atomic E-state index is 0. The van der Waals surface area contributed by atoms with Crippen molar-refractivity contribution in [3.8, 4) is 0 Å². The van der Waals surface area contributed by atoms with Crippen molar-refractivity contribution >= 4 is 39.7 Å². The normalized spacial score (nSPS) is 16.0. The molecule has 0 amide bonds. The van der Waals surface area contributed by atoms with Crippen LogP contribution in [0.25, 0.3) is 0 Å². The number of fused-ring (bicyclic) bond motifs is 1. The molecule has 0 aromatic heterocycles. The second-order valence-corrected chi connectivity index (χ2v) is 7.63. The van der Waals surface area contributed by atoms with E-state index in [-0.39, 0.29) is 36.7 Å². The van der Waals surface area contributed by atoms with Gasteiger partial charge in [-0.05, 0) is 37.7 Å². The molecule has 0 spiro atoms. The fraction of sp³-hybridized carbons (Fsp3) is 0.294. The molecule has 2 aromatic carbocycles. The third-order valence-electron chi connectivity index (χ3n) is 4.11. The van der Waals surface area contributed by atoms with Crippen molar-refractivity contribution in [3.63, 3.8) is 0 Å². The van der Waals surface area contributed by atoms with Gasteiger partial charge in [0.25, 0.3) is 0 Å². The molecule has 10 heteroatoms. The molecule has 1 aliphatic rings. The van der Waals surface area contributed by atoms with Gasteiger partial charge in [-0.1, -0.05) is 12.1 Å². The number of hydrogen-bond acceptors (Lipinski definition) is 4. The predicted octanol–water partition coefficient (Wildman–Crippen LogP) is 2.56. The molecule has 2 N–H and O–H groups in total. The van der Waals surface area contributed by atoms with Gasteiger partial charge >= 0.3 is 10.2 Å². The molecule has 2 aromatic rings. The molecule has 0 fully saturated rings. The van der Waals surface area contributed by atoms with E-state index in [1.165, 1.54) is 0 Å². The van der Waals surface area contributed by atoms with Crippen LogP contribution in [0.4, 0.5) is 25.8 Å². The number of para-hydroxylation sites is 2. The number of anilines is 3. The highest BCUT2D eigenvalue weighted by atomic mass is 35.5. The Balaban J connectivity index is 0.00000261. The minimum Gasteiger partial charge on any atom is -0.392 e. The summed E-state index contributed by atoms with van der Waals surface area (Å²) in [7, 11) is -2.43. The first-order valence-electron chi connectivity index (χ1n) is 8.06. The Morgan fingerprint density at radius 1 is 1.11 bits per heavy atom. The smallest absolute Gasteiger partial charge is 0.331 e. The highest BCUT2D eigenvalue weighted by Crippen LogP contribution is 2.45. The fourth-order valence-electron chi connectivity index (χ4n) is 2.93. The van der Waals surface area contributed by atoms with E-state index in [0.29, 0.717) is 18.3 Å². The van der Waals surface area contributed by atoms with Gasteiger partial charge in [0.15, 0.2) is 5.82 Å². The van der Waals surface area contributed by atoms with Crippen LogP contribution in [0.2, 0.25) is 0 Å². The molecule has 0 aliphatic carbocycles. The maximum Gasteiger partial charge on any atom is 0.331 e. The molecule has 3 rings (SSSR count). The van der Waals surface area contributed by atoms with Crippen LogP contribution in [0, 0.1) is 11.6 Å². The zero-order chi connectivity index (χ0) is 18.9. The summed E-state index contributed by atoms with van der Waals surface area (Å²) in [5.41, 5.74) is 0.408. The Kier molecular flexibility index (Phi) is 6.63. The zero-order valence-electron chi connectivity index (χ0n) is 14.5. The van der Waals surface area contributed by atoms with E-state index in [4.69, 9.17) is 0 Å². The summed E-state index contributed by atoms with van der Waals surface area (Å²) >= 11 is 0. The number of aliphatic hydroxyl groups excluding tert-OH is 1. The number of nitrogens with one attached hydrogen (secondary N) is 1. The molecular weight excluding hydrogens is 400 g/mol. The van der Waals surface area contributed by atoms with Gasteiger partial charge in [0.05, 0.1) is 23.2 Å².